The predicted molar refractivity (Wildman–Crippen MR) is 154 cm³/mol. The molecule has 3 nitrogen and oxygen atoms in total. The van der Waals surface area contributed by atoms with Crippen molar-refractivity contribution in [1.82, 2.24) is 9.97 Å². The lowest BCUT2D eigenvalue weighted by molar-refractivity contribution is 0.535. The molecule has 2 heterocycles. The lowest BCUT2D eigenvalue weighted by atomic mass is 10.0. The topological polar surface area (TPSA) is 38.1 Å². The summed E-state index contributed by atoms with van der Waals surface area (Å²) >= 11 is 0. The van der Waals surface area contributed by atoms with Gasteiger partial charge in [0.1, 0.15) is 5.71 Å². The van der Waals surface area contributed by atoms with Crippen molar-refractivity contribution in [3.8, 4) is 0 Å². The van der Waals surface area contributed by atoms with Crippen molar-refractivity contribution in [2.75, 3.05) is 0 Å². The van der Waals surface area contributed by atoms with Gasteiger partial charge in [0.2, 0.25) is 0 Å². The Balaban J connectivity index is 1.33. The van der Waals surface area contributed by atoms with E-state index in [-0.39, 0.29) is 0 Å². The molecule has 0 aliphatic rings. The van der Waals surface area contributed by atoms with Gasteiger partial charge < -0.3 is 0 Å². The molecule has 0 bridgehead atoms. The van der Waals surface area contributed by atoms with Crippen LogP contribution in [0.4, 0.5) is 5.69 Å². The first-order valence-electron chi connectivity index (χ1n) is 14.4. The number of nitrogens with zero attached hydrogens (tertiary/aromatic N) is 3. The molecule has 0 radical (unpaired) electrons. The number of aryl methyl sites for hydroxylation is 1. The van der Waals surface area contributed by atoms with E-state index < -0.39 is 0 Å². The lowest BCUT2D eigenvalue weighted by Crippen LogP contribution is -2.07. The Bertz CT molecular complexity index is 923. The molecule has 3 aromatic rings. The minimum atomic E-state index is 0.802. The zero-order valence-corrected chi connectivity index (χ0v) is 22.4. The fraction of sp³-hybridized carbons (Fsp3) is 0.485. The molecule has 0 amide bonds. The summed E-state index contributed by atoms with van der Waals surface area (Å²) in [6.07, 6.45) is 24.4. The van der Waals surface area contributed by atoms with Crippen molar-refractivity contribution in [3.05, 3.63) is 90.0 Å². The van der Waals surface area contributed by atoms with Crippen LogP contribution in [0.1, 0.15) is 114 Å². The fourth-order valence-electron chi connectivity index (χ4n) is 4.64. The van der Waals surface area contributed by atoms with Crippen molar-refractivity contribution in [2.24, 2.45) is 4.99 Å². The van der Waals surface area contributed by atoms with Crippen molar-refractivity contribution in [1.29, 1.82) is 0 Å². The van der Waals surface area contributed by atoms with Crippen molar-refractivity contribution < 1.29 is 0 Å². The molecule has 0 N–H and O–H groups in total. The molecule has 36 heavy (non-hydrogen) atoms. The molecule has 1 aromatic carbocycles. The number of rotatable bonds is 18. The van der Waals surface area contributed by atoms with E-state index in [2.05, 4.69) is 41.2 Å². The molecule has 0 saturated carbocycles. The Morgan fingerprint density at radius 2 is 1.03 bits per heavy atom. The van der Waals surface area contributed by atoms with E-state index >= 15 is 0 Å². The Morgan fingerprint density at radius 3 is 1.47 bits per heavy atom. The second-order valence-corrected chi connectivity index (χ2v) is 9.90. The lowest BCUT2D eigenvalue weighted by Gasteiger charge is -2.07. The van der Waals surface area contributed by atoms with Gasteiger partial charge in [0.05, 0.1) is 17.1 Å². The van der Waals surface area contributed by atoms with Crippen LogP contribution in [0.15, 0.2) is 78.0 Å². The van der Waals surface area contributed by atoms with Gasteiger partial charge in [-0.25, -0.2) is 4.99 Å². The Kier molecular flexibility index (Phi) is 13.6. The van der Waals surface area contributed by atoms with Gasteiger partial charge in [-0.1, -0.05) is 115 Å². The number of benzene rings is 1. The molecule has 0 fully saturated rings. The van der Waals surface area contributed by atoms with Crippen molar-refractivity contribution in [3.63, 3.8) is 0 Å². The van der Waals surface area contributed by atoms with Gasteiger partial charge in [-0.2, -0.15) is 0 Å². The van der Waals surface area contributed by atoms with E-state index in [1.54, 1.807) is 12.4 Å². The van der Waals surface area contributed by atoms with Crippen LogP contribution in [0.5, 0.6) is 0 Å². The predicted octanol–water partition coefficient (Wildman–Crippen LogP) is 9.67. The summed E-state index contributed by atoms with van der Waals surface area (Å²) in [5, 5.41) is 0. The first-order chi connectivity index (χ1) is 17.9. The number of aliphatic imine (C=N–C) groups is 1. The van der Waals surface area contributed by atoms with Crippen LogP contribution < -0.4 is 0 Å². The SMILES string of the molecule is CCCCCCCCCCCCCCCCc1ccc(N=C(c2ccccn2)c2ccccn2)cc1. The Hall–Kier alpha value is -2.81. The third-order valence-electron chi connectivity index (χ3n) is 6.81. The summed E-state index contributed by atoms with van der Waals surface area (Å²) in [6, 6.07) is 20.5. The minimum absolute atomic E-state index is 0.802. The molecule has 0 saturated heterocycles. The van der Waals surface area contributed by atoms with E-state index in [4.69, 9.17) is 4.99 Å². The third-order valence-corrected chi connectivity index (χ3v) is 6.81. The van der Waals surface area contributed by atoms with E-state index in [0.29, 0.717) is 0 Å². The first kappa shape index (κ1) is 27.8. The number of hydrogen-bond acceptors (Lipinski definition) is 3. The van der Waals surface area contributed by atoms with Gasteiger partial charge in [0, 0.05) is 12.4 Å². The van der Waals surface area contributed by atoms with Crippen LogP contribution in [-0.4, -0.2) is 15.7 Å². The average Bonchev–Trinajstić information content (AvgIpc) is 2.93. The average molecular weight is 484 g/mol. The number of unbranched alkanes of at least 4 members (excludes halogenated alkanes) is 13. The van der Waals surface area contributed by atoms with Crippen LogP contribution in [0.3, 0.4) is 0 Å². The normalized spacial score (nSPS) is 10.9. The monoisotopic (exact) mass is 483 g/mol. The van der Waals surface area contributed by atoms with Crippen molar-refractivity contribution >= 4 is 11.4 Å². The van der Waals surface area contributed by atoms with Gasteiger partial charge in [0.15, 0.2) is 0 Å². The number of hydrogen-bond donors (Lipinski definition) is 0. The van der Waals surface area contributed by atoms with Gasteiger partial charge in [-0.05, 0) is 54.8 Å². The van der Waals surface area contributed by atoms with E-state index in [0.717, 1.165) is 29.2 Å². The quantitative estimate of drug-likeness (QED) is 0.133. The van der Waals surface area contributed by atoms with E-state index in [1.807, 2.05) is 36.4 Å². The second kappa shape index (κ2) is 17.6. The highest BCUT2D eigenvalue weighted by Crippen LogP contribution is 2.19. The number of pyridine rings is 2. The Morgan fingerprint density at radius 1 is 0.556 bits per heavy atom. The van der Waals surface area contributed by atoms with Crippen LogP contribution >= 0.6 is 0 Å². The molecular formula is C33H45N3. The van der Waals surface area contributed by atoms with Crippen LogP contribution in [0, 0.1) is 0 Å². The minimum Gasteiger partial charge on any atom is -0.255 e. The summed E-state index contributed by atoms with van der Waals surface area (Å²) in [4.78, 5) is 13.9. The first-order valence-corrected chi connectivity index (χ1v) is 14.4. The Labute approximate surface area is 219 Å². The van der Waals surface area contributed by atoms with Crippen LogP contribution in [0.25, 0.3) is 0 Å². The van der Waals surface area contributed by atoms with E-state index in [1.165, 1.54) is 95.5 Å². The molecule has 0 aliphatic carbocycles. The standard InChI is InChI=1S/C33H45N3/c1-2-3-4-5-6-7-8-9-10-11-12-13-14-15-20-29-23-25-30(26-24-29)36-33(31-21-16-18-27-34-31)32-22-17-19-28-35-32/h16-19,21-28H,2-15,20H2,1H3. The summed E-state index contributed by atoms with van der Waals surface area (Å²) in [5.74, 6) is 0. The maximum Gasteiger partial charge on any atom is 0.115 e. The highest BCUT2D eigenvalue weighted by atomic mass is 14.8. The molecule has 192 valence electrons. The summed E-state index contributed by atoms with van der Waals surface area (Å²) in [7, 11) is 0. The highest BCUT2D eigenvalue weighted by Gasteiger charge is 2.09. The molecule has 0 atom stereocenters. The summed E-state index contributed by atoms with van der Waals surface area (Å²) in [6.45, 7) is 2.29. The van der Waals surface area contributed by atoms with Crippen LogP contribution in [0.2, 0.25) is 0 Å². The fourth-order valence-corrected chi connectivity index (χ4v) is 4.64. The summed E-state index contributed by atoms with van der Waals surface area (Å²) in [5.41, 5.74) is 4.80. The van der Waals surface area contributed by atoms with E-state index in [9.17, 15) is 0 Å². The second-order valence-electron chi connectivity index (χ2n) is 9.90. The van der Waals surface area contributed by atoms with Gasteiger partial charge in [-0.15, -0.1) is 0 Å². The van der Waals surface area contributed by atoms with Crippen LogP contribution in [-0.2, 0) is 6.42 Å². The zero-order valence-electron chi connectivity index (χ0n) is 22.4. The zero-order chi connectivity index (χ0) is 25.1. The molecule has 0 unspecified atom stereocenters. The smallest absolute Gasteiger partial charge is 0.115 e. The molecule has 0 aliphatic heterocycles. The van der Waals surface area contributed by atoms with Gasteiger partial charge in [0.25, 0.3) is 0 Å². The molecule has 2 aromatic heterocycles. The van der Waals surface area contributed by atoms with Crippen molar-refractivity contribution in [2.45, 2.75) is 103 Å². The third kappa shape index (κ3) is 10.8. The highest BCUT2D eigenvalue weighted by molar-refractivity contribution is 6.11. The molecular weight excluding hydrogens is 438 g/mol. The summed E-state index contributed by atoms with van der Waals surface area (Å²) < 4.78 is 0. The maximum atomic E-state index is 4.91. The number of aromatic nitrogens is 2. The maximum absolute atomic E-state index is 4.91. The largest absolute Gasteiger partial charge is 0.255 e. The molecule has 3 rings (SSSR count). The molecule has 0 spiro atoms. The molecule has 3 heteroatoms. The van der Waals surface area contributed by atoms with Gasteiger partial charge >= 0.3 is 0 Å². The van der Waals surface area contributed by atoms with Gasteiger partial charge in [-0.3, -0.25) is 9.97 Å².